The molecule has 19 heavy (non-hydrogen) atoms. The zero-order chi connectivity index (χ0) is 14.0. The van der Waals surface area contributed by atoms with Crippen molar-refractivity contribution in [2.45, 2.75) is 20.8 Å². The summed E-state index contributed by atoms with van der Waals surface area (Å²) < 4.78 is 4.53. The molecule has 0 fully saturated rings. The van der Waals surface area contributed by atoms with Crippen LogP contribution in [0, 0.1) is 17.8 Å². The fourth-order valence-electron chi connectivity index (χ4n) is 1.88. The first kappa shape index (κ1) is 13.1. The Balaban J connectivity index is 2.30. The van der Waals surface area contributed by atoms with Gasteiger partial charge >= 0.3 is 11.9 Å². The van der Waals surface area contributed by atoms with Crippen LogP contribution >= 0.6 is 0 Å². The third kappa shape index (κ3) is 2.92. The van der Waals surface area contributed by atoms with E-state index in [-0.39, 0.29) is 0 Å². The molecule has 0 saturated heterocycles. The highest BCUT2D eigenvalue weighted by Gasteiger charge is 2.29. The van der Waals surface area contributed by atoms with Crippen molar-refractivity contribution in [1.29, 1.82) is 0 Å². The second-order valence-corrected chi connectivity index (χ2v) is 4.78. The van der Waals surface area contributed by atoms with Crippen LogP contribution in [0.5, 0.6) is 0 Å². The number of carbonyl (C=O) groups is 2. The molecular formula is C16H14O3. The molecule has 0 bridgehead atoms. The molecular weight excluding hydrogens is 240 g/mol. The molecule has 1 aromatic rings. The first-order chi connectivity index (χ1) is 8.97. The van der Waals surface area contributed by atoms with Crippen LogP contribution in [-0.4, -0.2) is 11.9 Å². The first-order valence-electron chi connectivity index (χ1n) is 6.08. The number of ether oxygens (including phenoxy) is 1. The number of carbonyl (C=O) groups excluding carboxylic acids is 2. The maximum atomic E-state index is 11.4. The van der Waals surface area contributed by atoms with E-state index < -0.39 is 11.9 Å². The molecule has 0 aliphatic carbocycles. The lowest BCUT2D eigenvalue weighted by molar-refractivity contribution is 0.0444. The average molecular weight is 254 g/mol. The molecule has 1 aliphatic rings. The van der Waals surface area contributed by atoms with Gasteiger partial charge in [-0.3, -0.25) is 0 Å². The highest BCUT2D eigenvalue weighted by atomic mass is 16.6. The lowest BCUT2D eigenvalue weighted by Crippen LogP contribution is -1.96. The summed E-state index contributed by atoms with van der Waals surface area (Å²) in [5, 5.41) is 0. The van der Waals surface area contributed by atoms with Crippen LogP contribution in [-0.2, 0) is 4.74 Å². The van der Waals surface area contributed by atoms with E-state index in [4.69, 9.17) is 0 Å². The van der Waals surface area contributed by atoms with Crippen molar-refractivity contribution in [2.24, 2.45) is 5.92 Å². The van der Waals surface area contributed by atoms with E-state index in [0.717, 1.165) is 5.57 Å². The van der Waals surface area contributed by atoms with Gasteiger partial charge < -0.3 is 4.74 Å². The quantitative estimate of drug-likeness (QED) is 0.439. The van der Waals surface area contributed by atoms with Crippen LogP contribution in [0.15, 0.2) is 29.8 Å². The number of rotatable bonds is 1. The number of benzene rings is 1. The Kier molecular flexibility index (Phi) is 3.52. The van der Waals surface area contributed by atoms with E-state index in [1.165, 1.54) is 0 Å². The van der Waals surface area contributed by atoms with Gasteiger partial charge in [-0.05, 0) is 36.6 Å². The van der Waals surface area contributed by atoms with E-state index in [0.29, 0.717) is 22.6 Å². The Morgan fingerprint density at radius 1 is 1.21 bits per heavy atom. The maximum Gasteiger partial charge on any atom is 0.346 e. The topological polar surface area (TPSA) is 43.4 Å². The van der Waals surface area contributed by atoms with Gasteiger partial charge in [-0.2, -0.15) is 0 Å². The summed E-state index contributed by atoms with van der Waals surface area (Å²) in [6.07, 6.45) is 2.07. The van der Waals surface area contributed by atoms with Crippen LogP contribution in [0.1, 0.15) is 47.1 Å². The molecule has 0 unspecified atom stereocenters. The molecule has 1 aromatic carbocycles. The average Bonchev–Trinajstić information content (AvgIpc) is 2.61. The first-order valence-corrected chi connectivity index (χ1v) is 6.08. The Morgan fingerprint density at radius 3 is 2.58 bits per heavy atom. The molecule has 2 rings (SSSR count). The van der Waals surface area contributed by atoms with Gasteiger partial charge in [-0.1, -0.05) is 31.8 Å². The Labute approximate surface area is 112 Å². The summed E-state index contributed by atoms with van der Waals surface area (Å²) in [5.74, 6) is 5.26. The van der Waals surface area contributed by atoms with Gasteiger partial charge in [-0.25, -0.2) is 9.59 Å². The third-order valence-electron chi connectivity index (χ3n) is 2.63. The number of fused-ring (bicyclic) bond motifs is 1. The number of hydrogen-bond donors (Lipinski definition) is 0. The molecule has 0 N–H and O–H groups in total. The van der Waals surface area contributed by atoms with Crippen LogP contribution in [0.3, 0.4) is 0 Å². The molecule has 3 heteroatoms. The van der Waals surface area contributed by atoms with Crippen molar-refractivity contribution in [1.82, 2.24) is 0 Å². The van der Waals surface area contributed by atoms with Crippen molar-refractivity contribution in [3.05, 3.63) is 46.5 Å². The summed E-state index contributed by atoms with van der Waals surface area (Å²) >= 11 is 0. The molecule has 1 aliphatic heterocycles. The molecule has 0 saturated carbocycles. The lowest BCUT2D eigenvalue weighted by Gasteiger charge is -1.95. The largest absolute Gasteiger partial charge is 0.386 e. The summed E-state index contributed by atoms with van der Waals surface area (Å²) in [6.45, 7) is 6.11. The standard InChI is InChI=1S/C16H14O3/c1-10(2)8-11(3)4-5-12-6-7-13-14(9-12)16(18)19-15(13)17/h6-10H,1-3H3/b11-8+. The summed E-state index contributed by atoms with van der Waals surface area (Å²) in [6, 6.07) is 4.89. The van der Waals surface area contributed by atoms with E-state index in [2.05, 4.69) is 36.5 Å². The predicted molar refractivity (Wildman–Crippen MR) is 71.7 cm³/mol. The van der Waals surface area contributed by atoms with Gasteiger partial charge in [0.25, 0.3) is 0 Å². The second-order valence-electron chi connectivity index (χ2n) is 4.78. The van der Waals surface area contributed by atoms with Crippen LogP contribution < -0.4 is 0 Å². The lowest BCUT2D eigenvalue weighted by atomic mass is 10.1. The molecule has 0 radical (unpaired) electrons. The van der Waals surface area contributed by atoms with Crippen molar-refractivity contribution in [2.75, 3.05) is 0 Å². The predicted octanol–water partition coefficient (Wildman–Crippen LogP) is 2.95. The van der Waals surface area contributed by atoms with Crippen molar-refractivity contribution >= 4 is 11.9 Å². The van der Waals surface area contributed by atoms with E-state index in [1.807, 2.05) is 6.92 Å². The number of allylic oxidation sites excluding steroid dienone is 2. The maximum absolute atomic E-state index is 11.4. The van der Waals surface area contributed by atoms with Gasteiger partial charge in [0.05, 0.1) is 11.1 Å². The minimum atomic E-state index is -0.599. The van der Waals surface area contributed by atoms with E-state index in [1.54, 1.807) is 18.2 Å². The molecule has 0 spiro atoms. The fourth-order valence-corrected chi connectivity index (χ4v) is 1.88. The van der Waals surface area contributed by atoms with Gasteiger partial charge in [0.2, 0.25) is 0 Å². The van der Waals surface area contributed by atoms with Crippen molar-refractivity contribution in [3.63, 3.8) is 0 Å². The monoisotopic (exact) mass is 254 g/mol. The molecule has 0 atom stereocenters. The second kappa shape index (κ2) is 5.11. The van der Waals surface area contributed by atoms with Crippen LogP contribution in [0.4, 0.5) is 0 Å². The summed E-state index contributed by atoms with van der Waals surface area (Å²) in [4.78, 5) is 22.7. The summed E-state index contributed by atoms with van der Waals surface area (Å²) in [5.41, 5.74) is 2.28. The van der Waals surface area contributed by atoms with Gasteiger partial charge in [0.15, 0.2) is 0 Å². The number of hydrogen-bond acceptors (Lipinski definition) is 3. The van der Waals surface area contributed by atoms with Crippen LogP contribution in [0.2, 0.25) is 0 Å². The van der Waals surface area contributed by atoms with Gasteiger partial charge in [0, 0.05) is 5.56 Å². The zero-order valence-corrected chi connectivity index (χ0v) is 11.1. The van der Waals surface area contributed by atoms with Gasteiger partial charge in [0.1, 0.15) is 0 Å². The third-order valence-corrected chi connectivity index (χ3v) is 2.63. The minimum absolute atomic E-state index is 0.294. The zero-order valence-electron chi connectivity index (χ0n) is 11.1. The SMILES string of the molecule is C/C(C#Cc1ccc2c(c1)C(=O)OC2=O)=C\C(C)C. The Morgan fingerprint density at radius 2 is 1.89 bits per heavy atom. The van der Waals surface area contributed by atoms with Crippen molar-refractivity contribution in [3.8, 4) is 11.8 Å². The molecule has 0 aromatic heterocycles. The van der Waals surface area contributed by atoms with E-state index >= 15 is 0 Å². The minimum Gasteiger partial charge on any atom is -0.386 e. The molecule has 1 heterocycles. The Bertz CT molecular complexity index is 640. The highest BCUT2D eigenvalue weighted by Crippen LogP contribution is 2.20. The van der Waals surface area contributed by atoms with Gasteiger partial charge in [-0.15, -0.1) is 0 Å². The normalized spacial score (nSPS) is 14.0. The molecule has 96 valence electrons. The number of esters is 2. The van der Waals surface area contributed by atoms with E-state index in [9.17, 15) is 9.59 Å². The highest BCUT2D eigenvalue weighted by molar-refractivity contribution is 6.14. The van der Waals surface area contributed by atoms with Crippen LogP contribution in [0.25, 0.3) is 0 Å². The fraction of sp³-hybridized carbons (Fsp3) is 0.250. The van der Waals surface area contributed by atoms with Crippen molar-refractivity contribution < 1.29 is 14.3 Å². The molecule has 3 nitrogen and oxygen atoms in total. The summed E-state index contributed by atoms with van der Waals surface area (Å²) in [7, 11) is 0. The molecule has 0 amide bonds. The smallest absolute Gasteiger partial charge is 0.346 e. The Hall–Kier alpha value is -2.34. The number of cyclic esters (lactones) is 2.